The molecule has 0 spiro atoms. The van der Waals surface area contributed by atoms with E-state index in [0.717, 1.165) is 31.2 Å². The monoisotopic (exact) mass is 510 g/mol. The van der Waals surface area contributed by atoms with Gasteiger partial charge in [-0.25, -0.2) is 4.39 Å². The molecule has 1 atom stereocenters. The maximum absolute atomic E-state index is 14.1. The van der Waals surface area contributed by atoms with Crippen LogP contribution in [0, 0.1) is 5.82 Å². The molecule has 2 aromatic rings. The number of amides is 2. The van der Waals surface area contributed by atoms with Crippen LogP contribution in [0.5, 0.6) is 0 Å². The Balaban J connectivity index is 1.73. The number of rotatable bonds is 10. The van der Waals surface area contributed by atoms with Gasteiger partial charge in [0.05, 0.1) is 5.75 Å². The van der Waals surface area contributed by atoms with Crippen molar-refractivity contribution in [2.75, 3.05) is 5.75 Å². The van der Waals surface area contributed by atoms with E-state index in [-0.39, 0.29) is 35.9 Å². The van der Waals surface area contributed by atoms with Crippen LogP contribution in [0.3, 0.4) is 0 Å². The van der Waals surface area contributed by atoms with Crippen molar-refractivity contribution in [2.45, 2.75) is 63.4 Å². The summed E-state index contributed by atoms with van der Waals surface area (Å²) < 4.78 is 14.1. The second kappa shape index (κ2) is 12.6. The molecule has 1 aliphatic rings. The highest BCUT2D eigenvalue weighted by molar-refractivity contribution is 7.99. The maximum atomic E-state index is 14.1. The lowest BCUT2D eigenvalue weighted by Crippen LogP contribution is -2.51. The molecule has 0 aliphatic heterocycles. The Morgan fingerprint density at radius 3 is 2.48 bits per heavy atom. The molecule has 2 amide bonds. The molecule has 1 N–H and O–H groups in total. The fourth-order valence-corrected chi connectivity index (χ4v) is 5.54. The minimum Gasteiger partial charge on any atom is -0.352 e. The zero-order valence-electron chi connectivity index (χ0n) is 18.7. The third-order valence-electron chi connectivity index (χ3n) is 5.92. The second-order valence-corrected chi connectivity index (χ2v) is 10.0. The van der Waals surface area contributed by atoms with Gasteiger partial charge in [0, 0.05) is 33.9 Å². The van der Waals surface area contributed by atoms with Crippen LogP contribution in [-0.2, 0) is 21.9 Å². The predicted molar refractivity (Wildman–Crippen MR) is 134 cm³/mol. The van der Waals surface area contributed by atoms with Crippen LogP contribution < -0.4 is 5.32 Å². The average molecular weight is 511 g/mol. The van der Waals surface area contributed by atoms with Crippen molar-refractivity contribution in [2.24, 2.45) is 0 Å². The maximum Gasteiger partial charge on any atom is 0.243 e. The molecule has 0 heterocycles. The third kappa shape index (κ3) is 7.11. The van der Waals surface area contributed by atoms with Crippen molar-refractivity contribution in [3.05, 3.63) is 69.5 Å². The summed E-state index contributed by atoms with van der Waals surface area (Å²) in [4.78, 5) is 28.0. The first kappa shape index (κ1) is 25.9. The molecule has 0 unspecified atom stereocenters. The quantitative estimate of drug-likeness (QED) is 0.411. The number of nitrogens with zero attached hydrogens (tertiary/aromatic N) is 1. The molecular weight excluding hydrogens is 482 g/mol. The molecular formula is C25H29Cl2FN2O2S. The fraction of sp³-hybridized carbons (Fsp3) is 0.440. The molecule has 8 heteroatoms. The highest BCUT2D eigenvalue weighted by Crippen LogP contribution is 2.26. The molecule has 4 nitrogen and oxygen atoms in total. The second-order valence-electron chi connectivity index (χ2n) is 8.22. The van der Waals surface area contributed by atoms with Crippen LogP contribution in [0.1, 0.15) is 50.2 Å². The summed E-state index contributed by atoms with van der Waals surface area (Å²) in [6.45, 7) is 2.13. The van der Waals surface area contributed by atoms with E-state index in [1.54, 1.807) is 23.1 Å². The summed E-state index contributed by atoms with van der Waals surface area (Å²) in [5, 5.41) is 4.01. The Kier molecular flexibility index (Phi) is 9.90. The molecule has 2 aromatic carbocycles. The molecule has 1 aliphatic carbocycles. The van der Waals surface area contributed by atoms with Crippen LogP contribution in [0.15, 0.2) is 42.5 Å². The van der Waals surface area contributed by atoms with Gasteiger partial charge in [-0.2, -0.15) is 0 Å². The van der Waals surface area contributed by atoms with Crippen LogP contribution >= 0.6 is 35.0 Å². The van der Waals surface area contributed by atoms with E-state index in [2.05, 4.69) is 5.32 Å². The summed E-state index contributed by atoms with van der Waals surface area (Å²) in [5.74, 6) is -0.351. The summed E-state index contributed by atoms with van der Waals surface area (Å²) in [6, 6.07) is 11.4. The number of halogens is 3. The highest BCUT2D eigenvalue weighted by Gasteiger charge is 2.31. The van der Waals surface area contributed by atoms with E-state index in [0.29, 0.717) is 22.0 Å². The Labute approximate surface area is 209 Å². The van der Waals surface area contributed by atoms with E-state index in [1.165, 1.54) is 17.8 Å². The number of nitrogens with one attached hydrogen (secondary N) is 1. The topological polar surface area (TPSA) is 49.4 Å². The lowest BCUT2D eigenvalue weighted by Gasteiger charge is -2.31. The predicted octanol–water partition coefficient (Wildman–Crippen LogP) is 6.23. The average Bonchev–Trinajstić information content (AvgIpc) is 3.29. The van der Waals surface area contributed by atoms with Crippen molar-refractivity contribution >= 4 is 46.8 Å². The summed E-state index contributed by atoms with van der Waals surface area (Å²) >= 11 is 13.7. The smallest absolute Gasteiger partial charge is 0.243 e. The Morgan fingerprint density at radius 1 is 1.12 bits per heavy atom. The van der Waals surface area contributed by atoms with Crippen LogP contribution in [-0.4, -0.2) is 34.6 Å². The van der Waals surface area contributed by atoms with Crippen molar-refractivity contribution < 1.29 is 14.0 Å². The van der Waals surface area contributed by atoms with Gasteiger partial charge in [-0.1, -0.05) is 67.2 Å². The minimum absolute atomic E-state index is 0.0995. The number of benzene rings is 2. The molecule has 0 radical (unpaired) electrons. The van der Waals surface area contributed by atoms with Gasteiger partial charge < -0.3 is 10.2 Å². The fourth-order valence-electron chi connectivity index (χ4n) is 4.09. The zero-order chi connectivity index (χ0) is 23.8. The van der Waals surface area contributed by atoms with Crippen molar-refractivity contribution in [1.29, 1.82) is 0 Å². The van der Waals surface area contributed by atoms with Crippen LogP contribution in [0.2, 0.25) is 10.0 Å². The van der Waals surface area contributed by atoms with Gasteiger partial charge in [0.1, 0.15) is 11.9 Å². The summed E-state index contributed by atoms with van der Waals surface area (Å²) in [6.07, 6.45) is 4.65. The van der Waals surface area contributed by atoms with Gasteiger partial charge in [0.15, 0.2) is 0 Å². The zero-order valence-corrected chi connectivity index (χ0v) is 21.0. The lowest BCUT2D eigenvalue weighted by atomic mass is 10.1. The molecule has 178 valence electrons. The number of carbonyl (C=O) groups is 2. The summed E-state index contributed by atoms with van der Waals surface area (Å²) in [7, 11) is 0. The van der Waals surface area contributed by atoms with Gasteiger partial charge in [0.2, 0.25) is 11.8 Å². The van der Waals surface area contributed by atoms with Crippen LogP contribution in [0.4, 0.5) is 4.39 Å². The third-order valence-corrected chi connectivity index (χ3v) is 7.59. The molecule has 1 saturated carbocycles. The van der Waals surface area contributed by atoms with Gasteiger partial charge in [-0.15, -0.1) is 11.8 Å². The minimum atomic E-state index is -0.605. The highest BCUT2D eigenvalue weighted by atomic mass is 35.5. The first-order valence-corrected chi connectivity index (χ1v) is 13.2. The first-order chi connectivity index (χ1) is 15.9. The Hall–Kier alpha value is -1.76. The Bertz CT molecular complexity index is 949. The normalized spacial score (nSPS) is 14.8. The van der Waals surface area contributed by atoms with E-state index in [4.69, 9.17) is 23.2 Å². The molecule has 1 fully saturated rings. The van der Waals surface area contributed by atoms with Gasteiger partial charge in [-0.3, -0.25) is 9.59 Å². The van der Waals surface area contributed by atoms with E-state index in [9.17, 15) is 14.0 Å². The summed E-state index contributed by atoms with van der Waals surface area (Å²) in [5.41, 5.74) is 1.16. The lowest BCUT2D eigenvalue weighted by molar-refractivity contribution is -0.139. The van der Waals surface area contributed by atoms with Crippen LogP contribution in [0.25, 0.3) is 0 Å². The van der Waals surface area contributed by atoms with E-state index < -0.39 is 11.9 Å². The van der Waals surface area contributed by atoms with Crippen molar-refractivity contribution in [1.82, 2.24) is 10.2 Å². The Morgan fingerprint density at radius 2 is 1.82 bits per heavy atom. The van der Waals surface area contributed by atoms with Crippen molar-refractivity contribution in [3.8, 4) is 0 Å². The number of thioether (sulfide) groups is 1. The number of hydrogen-bond acceptors (Lipinski definition) is 3. The van der Waals surface area contributed by atoms with E-state index in [1.807, 2.05) is 25.1 Å². The van der Waals surface area contributed by atoms with Gasteiger partial charge in [-0.05, 0) is 43.0 Å². The molecule has 0 aromatic heterocycles. The molecule has 0 saturated heterocycles. The number of hydrogen-bond donors (Lipinski definition) is 1. The molecule has 33 heavy (non-hydrogen) atoms. The first-order valence-electron chi connectivity index (χ1n) is 11.2. The largest absolute Gasteiger partial charge is 0.352 e. The van der Waals surface area contributed by atoms with Gasteiger partial charge >= 0.3 is 0 Å². The molecule has 0 bridgehead atoms. The van der Waals surface area contributed by atoms with E-state index >= 15 is 0 Å². The number of carbonyl (C=O) groups excluding carboxylic acids is 2. The van der Waals surface area contributed by atoms with Gasteiger partial charge in [0.25, 0.3) is 0 Å². The standard InChI is InChI=1S/C25H29Cl2FN2O2S/c1-2-23(25(32)29-18-9-4-5-10-18)30(14-17-8-3-6-11-20(17)26)24(31)16-33-15-19-21(27)12-7-13-22(19)28/h3,6-8,11-13,18,23H,2,4-5,9-10,14-16H2,1H3,(H,29,32)/t23-/m1/s1. The van der Waals surface area contributed by atoms with Crippen molar-refractivity contribution in [3.63, 3.8) is 0 Å². The SMILES string of the molecule is CC[C@H](C(=O)NC1CCCC1)N(Cc1ccccc1Cl)C(=O)CSCc1c(F)cccc1Cl. The molecule has 3 rings (SSSR count).